The first-order valence-corrected chi connectivity index (χ1v) is 9.72. The highest BCUT2D eigenvalue weighted by molar-refractivity contribution is 7.09. The molecule has 0 atom stereocenters. The number of aromatic nitrogens is 1. The molecule has 8 heteroatoms. The molecule has 0 fully saturated rings. The molecule has 0 spiro atoms. The lowest BCUT2D eigenvalue weighted by atomic mass is 10.1. The number of fused-ring (bicyclic) bond motifs is 1. The highest BCUT2D eigenvalue weighted by Crippen LogP contribution is 2.33. The predicted octanol–water partition coefficient (Wildman–Crippen LogP) is 3.49. The zero-order valence-corrected chi connectivity index (χ0v) is 16.2. The molecule has 2 aromatic rings. The fraction of sp³-hybridized carbons (Fsp3) is 0.421. The van der Waals surface area contributed by atoms with E-state index in [0.717, 1.165) is 19.3 Å². The molecule has 144 valence electrons. The van der Waals surface area contributed by atoms with Crippen LogP contribution in [0.15, 0.2) is 23.6 Å². The summed E-state index contributed by atoms with van der Waals surface area (Å²) in [6.07, 6.45) is 3.01. The molecule has 0 aliphatic carbocycles. The second kappa shape index (κ2) is 8.85. The summed E-state index contributed by atoms with van der Waals surface area (Å²) in [5.41, 5.74) is 0.807. The summed E-state index contributed by atoms with van der Waals surface area (Å²) in [5.74, 6) is 0.652. The first-order chi connectivity index (χ1) is 13.1. The van der Waals surface area contributed by atoms with E-state index in [1.165, 1.54) is 18.4 Å². The van der Waals surface area contributed by atoms with E-state index >= 15 is 0 Å². The summed E-state index contributed by atoms with van der Waals surface area (Å²) in [5, 5.41) is 2.34. The molecule has 0 bridgehead atoms. The average molecular weight is 390 g/mol. The molecule has 1 amide bonds. The number of hydrogen-bond acceptors (Lipinski definition) is 7. The van der Waals surface area contributed by atoms with Crippen molar-refractivity contribution < 1.29 is 23.8 Å². The van der Waals surface area contributed by atoms with E-state index in [4.69, 9.17) is 14.2 Å². The molecule has 0 radical (unpaired) electrons. The van der Waals surface area contributed by atoms with Gasteiger partial charge in [-0.2, -0.15) is 0 Å². The van der Waals surface area contributed by atoms with Gasteiger partial charge in [0.05, 0.1) is 13.7 Å². The van der Waals surface area contributed by atoms with Crippen molar-refractivity contribution in [2.24, 2.45) is 0 Å². The van der Waals surface area contributed by atoms with E-state index in [1.807, 2.05) is 0 Å². The number of carbonyl (C=O) groups excluding carboxylic acids is 2. The Kier molecular flexibility index (Phi) is 6.28. The Morgan fingerprint density at radius 2 is 2.07 bits per heavy atom. The Morgan fingerprint density at radius 1 is 1.26 bits per heavy atom. The first-order valence-electron chi connectivity index (χ1n) is 8.84. The Bertz CT molecular complexity index is 820. The van der Waals surface area contributed by atoms with Gasteiger partial charge in [0, 0.05) is 17.5 Å². The van der Waals surface area contributed by atoms with Gasteiger partial charge in [0.15, 0.2) is 17.2 Å². The number of ether oxygens (including phenoxy) is 3. The van der Waals surface area contributed by atoms with Gasteiger partial charge >= 0.3 is 5.97 Å². The van der Waals surface area contributed by atoms with Crippen LogP contribution in [0.25, 0.3) is 0 Å². The van der Waals surface area contributed by atoms with Gasteiger partial charge in [-0.1, -0.05) is 19.8 Å². The zero-order chi connectivity index (χ0) is 19.2. The van der Waals surface area contributed by atoms with E-state index in [-0.39, 0.29) is 18.4 Å². The van der Waals surface area contributed by atoms with E-state index < -0.39 is 5.97 Å². The highest BCUT2D eigenvalue weighted by atomic mass is 32.1. The van der Waals surface area contributed by atoms with Crippen molar-refractivity contribution in [2.75, 3.05) is 20.4 Å². The number of benzene rings is 1. The molecule has 3 rings (SSSR count). The van der Waals surface area contributed by atoms with Gasteiger partial charge < -0.3 is 19.1 Å². The van der Waals surface area contributed by atoms with E-state index in [0.29, 0.717) is 35.2 Å². The Labute approximate surface area is 161 Å². The quantitative estimate of drug-likeness (QED) is 0.507. The maximum Gasteiger partial charge on any atom is 0.357 e. The zero-order valence-electron chi connectivity index (χ0n) is 15.4. The van der Waals surface area contributed by atoms with Gasteiger partial charge in [-0.05, 0) is 24.6 Å². The summed E-state index contributed by atoms with van der Waals surface area (Å²) in [7, 11) is 1.32. The SMILES string of the molecule is CCCCCN(Cc1nc(C(=O)OC)cs1)C(=O)c1ccc2c(c1)OCO2. The van der Waals surface area contributed by atoms with Crippen molar-refractivity contribution in [3.05, 3.63) is 39.8 Å². The van der Waals surface area contributed by atoms with Gasteiger partial charge in [0.2, 0.25) is 6.79 Å². The first kappa shape index (κ1) is 19.2. The van der Waals surface area contributed by atoms with E-state index in [1.54, 1.807) is 28.5 Å². The number of rotatable bonds is 8. The minimum Gasteiger partial charge on any atom is -0.464 e. The number of thiazole rings is 1. The molecule has 7 nitrogen and oxygen atoms in total. The van der Waals surface area contributed by atoms with Crippen molar-refractivity contribution >= 4 is 23.2 Å². The maximum atomic E-state index is 13.1. The van der Waals surface area contributed by atoms with Crippen LogP contribution >= 0.6 is 11.3 Å². The molecule has 27 heavy (non-hydrogen) atoms. The van der Waals surface area contributed by atoms with Crippen LogP contribution in [0.2, 0.25) is 0 Å². The lowest BCUT2D eigenvalue weighted by Gasteiger charge is -2.22. The van der Waals surface area contributed by atoms with Gasteiger partial charge in [0.25, 0.3) is 5.91 Å². The van der Waals surface area contributed by atoms with Crippen molar-refractivity contribution in [3.63, 3.8) is 0 Å². The summed E-state index contributed by atoms with van der Waals surface area (Å²) in [4.78, 5) is 30.7. The molecular formula is C19H22N2O5S. The lowest BCUT2D eigenvalue weighted by Crippen LogP contribution is -2.31. The fourth-order valence-corrected chi connectivity index (χ4v) is 3.54. The Morgan fingerprint density at radius 3 is 2.85 bits per heavy atom. The van der Waals surface area contributed by atoms with Crippen molar-refractivity contribution in [2.45, 2.75) is 32.7 Å². The molecule has 1 aromatic heterocycles. The summed E-state index contributed by atoms with van der Waals surface area (Å²) in [6, 6.07) is 5.20. The van der Waals surface area contributed by atoms with Crippen LogP contribution in [-0.2, 0) is 11.3 Å². The molecule has 1 aliphatic rings. The molecule has 0 saturated heterocycles. The smallest absolute Gasteiger partial charge is 0.357 e. The van der Waals surface area contributed by atoms with Crippen LogP contribution in [0.1, 0.15) is 52.0 Å². The number of nitrogens with zero attached hydrogens (tertiary/aromatic N) is 2. The van der Waals surface area contributed by atoms with Gasteiger partial charge in [-0.3, -0.25) is 4.79 Å². The molecule has 0 saturated carbocycles. The highest BCUT2D eigenvalue weighted by Gasteiger charge is 2.22. The molecule has 2 heterocycles. The Hall–Kier alpha value is -2.61. The number of unbranched alkanes of at least 4 members (excludes halogenated alkanes) is 2. The van der Waals surface area contributed by atoms with Gasteiger partial charge in [-0.15, -0.1) is 11.3 Å². The largest absolute Gasteiger partial charge is 0.464 e. The standard InChI is InChI=1S/C19H22N2O5S/c1-3-4-5-8-21(10-17-20-14(11-27-17)19(23)24-2)18(22)13-6-7-15-16(9-13)26-12-25-15/h6-7,9,11H,3-5,8,10,12H2,1-2H3. The van der Waals surface area contributed by atoms with Crippen LogP contribution in [0, 0.1) is 0 Å². The molecule has 0 N–H and O–H groups in total. The van der Waals surface area contributed by atoms with Crippen LogP contribution in [-0.4, -0.2) is 42.2 Å². The minimum atomic E-state index is -0.475. The number of carbonyl (C=O) groups is 2. The van der Waals surface area contributed by atoms with E-state index in [2.05, 4.69) is 11.9 Å². The molecule has 1 aromatic carbocycles. The third-order valence-electron chi connectivity index (χ3n) is 4.21. The normalized spacial score (nSPS) is 12.1. The minimum absolute atomic E-state index is 0.0979. The third kappa shape index (κ3) is 4.57. The predicted molar refractivity (Wildman–Crippen MR) is 100 cm³/mol. The second-order valence-electron chi connectivity index (χ2n) is 6.12. The molecule has 0 unspecified atom stereocenters. The Balaban J connectivity index is 1.76. The number of hydrogen-bond donors (Lipinski definition) is 0. The van der Waals surface area contributed by atoms with Gasteiger partial charge in [-0.25, -0.2) is 9.78 Å². The lowest BCUT2D eigenvalue weighted by molar-refractivity contribution is 0.0594. The molecular weight excluding hydrogens is 368 g/mol. The average Bonchev–Trinajstić information content (AvgIpc) is 3.34. The summed E-state index contributed by atoms with van der Waals surface area (Å²) < 4.78 is 15.4. The van der Waals surface area contributed by atoms with E-state index in [9.17, 15) is 9.59 Å². The summed E-state index contributed by atoms with van der Waals surface area (Å²) in [6.45, 7) is 3.25. The number of esters is 1. The monoisotopic (exact) mass is 390 g/mol. The fourth-order valence-electron chi connectivity index (χ4n) is 2.76. The van der Waals surface area contributed by atoms with Crippen LogP contribution in [0.5, 0.6) is 11.5 Å². The summed E-state index contributed by atoms with van der Waals surface area (Å²) >= 11 is 1.34. The van der Waals surface area contributed by atoms with Crippen molar-refractivity contribution in [1.29, 1.82) is 0 Å². The molecule has 1 aliphatic heterocycles. The van der Waals surface area contributed by atoms with Gasteiger partial charge in [0.1, 0.15) is 5.01 Å². The maximum absolute atomic E-state index is 13.1. The third-order valence-corrected chi connectivity index (χ3v) is 5.04. The van der Waals surface area contributed by atoms with Crippen molar-refractivity contribution in [1.82, 2.24) is 9.88 Å². The van der Waals surface area contributed by atoms with Crippen LogP contribution in [0.4, 0.5) is 0 Å². The topological polar surface area (TPSA) is 78.0 Å². The second-order valence-corrected chi connectivity index (χ2v) is 7.06. The van der Waals surface area contributed by atoms with Crippen molar-refractivity contribution in [3.8, 4) is 11.5 Å². The van der Waals surface area contributed by atoms with Crippen LogP contribution in [0.3, 0.4) is 0 Å². The van der Waals surface area contributed by atoms with Crippen LogP contribution < -0.4 is 9.47 Å². The number of amides is 1. The number of methoxy groups -OCH3 is 1.